The number of hydrogen-bond donors (Lipinski definition) is 0. The molecule has 31 heavy (non-hydrogen) atoms. The summed E-state index contributed by atoms with van der Waals surface area (Å²) >= 11 is 1.50. The van der Waals surface area contributed by atoms with Gasteiger partial charge in [0, 0.05) is 36.3 Å². The molecule has 3 heterocycles. The van der Waals surface area contributed by atoms with Gasteiger partial charge in [-0.05, 0) is 36.5 Å². The fourth-order valence-electron chi connectivity index (χ4n) is 4.01. The Morgan fingerprint density at radius 2 is 1.84 bits per heavy atom. The molecule has 4 rings (SSSR count). The van der Waals surface area contributed by atoms with Crippen molar-refractivity contribution in [3.8, 4) is 10.6 Å². The average molecular weight is 438 g/mol. The molecule has 0 saturated carbocycles. The molecule has 3 aromatic rings. The Balaban J connectivity index is 1.40. The number of thiazole rings is 1. The topological polar surface area (TPSA) is 64.4 Å². The number of esters is 1. The molecular formula is C24H27N3O3S. The van der Waals surface area contributed by atoms with E-state index in [0.29, 0.717) is 30.4 Å². The Kier molecular flexibility index (Phi) is 6.23. The highest BCUT2D eigenvalue weighted by atomic mass is 32.1. The molecule has 0 unspecified atom stereocenters. The van der Waals surface area contributed by atoms with Crippen molar-refractivity contribution >= 4 is 23.2 Å². The lowest BCUT2D eigenvalue weighted by molar-refractivity contribution is 0.0573. The largest absolute Gasteiger partial charge is 0.464 e. The standard InChI is InChI=1S/C24H27N3O3S/c1-16(2)17-6-8-18(9-7-17)22-25-20(15-31-22)23(28)26-13-10-19(11-14-26)27-12-4-5-21(27)24(29)30-3/h4-9,12,15-16,19H,10-11,13-14H2,1-3H3. The van der Waals surface area contributed by atoms with Crippen molar-refractivity contribution < 1.29 is 14.3 Å². The second kappa shape index (κ2) is 9.06. The fourth-order valence-corrected chi connectivity index (χ4v) is 4.81. The minimum Gasteiger partial charge on any atom is -0.464 e. The lowest BCUT2D eigenvalue weighted by atomic mass is 10.0. The average Bonchev–Trinajstić information content (AvgIpc) is 3.48. The first-order chi connectivity index (χ1) is 15.0. The molecule has 1 saturated heterocycles. The summed E-state index contributed by atoms with van der Waals surface area (Å²) in [7, 11) is 1.39. The summed E-state index contributed by atoms with van der Waals surface area (Å²) in [5, 5.41) is 2.71. The van der Waals surface area contributed by atoms with E-state index in [2.05, 4.69) is 43.1 Å². The third kappa shape index (κ3) is 4.42. The number of piperidine rings is 1. The number of ether oxygens (including phenoxy) is 1. The fraction of sp³-hybridized carbons (Fsp3) is 0.375. The molecule has 1 amide bonds. The normalized spacial score (nSPS) is 14.8. The van der Waals surface area contributed by atoms with E-state index in [1.54, 1.807) is 6.07 Å². The molecule has 0 aliphatic carbocycles. The number of carbonyl (C=O) groups is 2. The summed E-state index contributed by atoms with van der Waals surface area (Å²) in [6.07, 6.45) is 3.49. The molecule has 0 bridgehead atoms. The van der Waals surface area contributed by atoms with Crippen molar-refractivity contribution in [3.63, 3.8) is 0 Å². The third-order valence-electron chi connectivity index (χ3n) is 5.87. The van der Waals surface area contributed by atoms with Crippen molar-refractivity contribution in [2.75, 3.05) is 20.2 Å². The van der Waals surface area contributed by atoms with Crippen LogP contribution in [0.2, 0.25) is 0 Å². The number of nitrogens with zero attached hydrogens (tertiary/aromatic N) is 3. The summed E-state index contributed by atoms with van der Waals surface area (Å²) < 4.78 is 6.84. The molecule has 1 aromatic carbocycles. The van der Waals surface area contributed by atoms with Crippen LogP contribution in [0.25, 0.3) is 10.6 Å². The van der Waals surface area contributed by atoms with Gasteiger partial charge in [-0.1, -0.05) is 38.1 Å². The van der Waals surface area contributed by atoms with Crippen molar-refractivity contribution in [2.24, 2.45) is 0 Å². The van der Waals surface area contributed by atoms with E-state index in [4.69, 9.17) is 4.74 Å². The van der Waals surface area contributed by atoms with Crippen LogP contribution in [0.15, 0.2) is 48.0 Å². The van der Waals surface area contributed by atoms with E-state index in [0.717, 1.165) is 23.4 Å². The maximum atomic E-state index is 13.0. The lowest BCUT2D eigenvalue weighted by Crippen LogP contribution is -2.39. The van der Waals surface area contributed by atoms with Crippen LogP contribution in [0, 0.1) is 0 Å². The minimum absolute atomic E-state index is 0.0274. The van der Waals surface area contributed by atoms with Gasteiger partial charge in [0.25, 0.3) is 5.91 Å². The number of carbonyl (C=O) groups excluding carboxylic acids is 2. The van der Waals surface area contributed by atoms with E-state index >= 15 is 0 Å². The van der Waals surface area contributed by atoms with E-state index in [9.17, 15) is 9.59 Å². The van der Waals surface area contributed by atoms with Gasteiger partial charge in [0.1, 0.15) is 16.4 Å². The zero-order valence-electron chi connectivity index (χ0n) is 18.1. The van der Waals surface area contributed by atoms with Crippen molar-refractivity contribution in [1.29, 1.82) is 0 Å². The molecule has 1 fully saturated rings. The molecule has 1 aliphatic rings. The van der Waals surface area contributed by atoms with Crippen LogP contribution in [-0.4, -0.2) is 46.5 Å². The van der Waals surface area contributed by atoms with Crippen molar-refractivity contribution in [2.45, 2.75) is 38.6 Å². The second-order valence-corrected chi connectivity index (χ2v) is 8.99. The number of aromatic nitrogens is 2. The quantitative estimate of drug-likeness (QED) is 0.527. The van der Waals surface area contributed by atoms with Crippen molar-refractivity contribution in [3.05, 3.63) is 64.9 Å². The minimum atomic E-state index is -0.333. The van der Waals surface area contributed by atoms with Gasteiger partial charge in [-0.2, -0.15) is 0 Å². The maximum absolute atomic E-state index is 13.0. The van der Waals surface area contributed by atoms with Crippen LogP contribution in [-0.2, 0) is 4.74 Å². The van der Waals surface area contributed by atoms with Crippen LogP contribution >= 0.6 is 11.3 Å². The number of rotatable bonds is 5. The predicted octanol–water partition coefficient (Wildman–Crippen LogP) is 5.00. The van der Waals surface area contributed by atoms with Crippen LogP contribution in [0.3, 0.4) is 0 Å². The molecule has 7 heteroatoms. The van der Waals surface area contributed by atoms with Gasteiger partial charge in [0.2, 0.25) is 0 Å². The first kappa shape index (κ1) is 21.3. The number of likely N-dealkylation sites (tertiary alicyclic amines) is 1. The molecule has 0 radical (unpaired) electrons. The van der Waals surface area contributed by atoms with E-state index in [-0.39, 0.29) is 17.9 Å². The Morgan fingerprint density at radius 1 is 1.13 bits per heavy atom. The van der Waals surface area contributed by atoms with Gasteiger partial charge >= 0.3 is 5.97 Å². The van der Waals surface area contributed by atoms with Gasteiger partial charge in [0.15, 0.2) is 0 Å². The molecule has 0 N–H and O–H groups in total. The Labute approximate surface area is 186 Å². The van der Waals surface area contributed by atoms with Gasteiger partial charge < -0.3 is 14.2 Å². The van der Waals surface area contributed by atoms with Crippen LogP contribution in [0.1, 0.15) is 65.2 Å². The lowest BCUT2D eigenvalue weighted by Gasteiger charge is -2.33. The smallest absolute Gasteiger partial charge is 0.354 e. The summed E-state index contributed by atoms with van der Waals surface area (Å²) in [6.45, 7) is 5.62. The van der Waals surface area contributed by atoms with Crippen molar-refractivity contribution in [1.82, 2.24) is 14.5 Å². The van der Waals surface area contributed by atoms with E-state index < -0.39 is 0 Å². The molecule has 0 atom stereocenters. The zero-order valence-corrected chi connectivity index (χ0v) is 18.9. The molecular weight excluding hydrogens is 410 g/mol. The van der Waals surface area contributed by atoms with E-state index in [1.165, 1.54) is 24.0 Å². The van der Waals surface area contributed by atoms with Crippen LogP contribution < -0.4 is 0 Å². The highest BCUT2D eigenvalue weighted by molar-refractivity contribution is 7.13. The monoisotopic (exact) mass is 437 g/mol. The number of amides is 1. The summed E-state index contributed by atoms with van der Waals surface area (Å²) in [4.78, 5) is 31.4. The van der Waals surface area contributed by atoms with Gasteiger partial charge in [-0.15, -0.1) is 11.3 Å². The van der Waals surface area contributed by atoms with E-state index in [1.807, 2.05) is 27.1 Å². The third-order valence-corrected chi connectivity index (χ3v) is 6.76. The highest BCUT2D eigenvalue weighted by Gasteiger charge is 2.27. The molecule has 2 aromatic heterocycles. The van der Waals surface area contributed by atoms with Gasteiger partial charge in [-0.25, -0.2) is 9.78 Å². The first-order valence-electron chi connectivity index (χ1n) is 10.6. The Bertz CT molecular complexity index is 1060. The first-order valence-corrected chi connectivity index (χ1v) is 11.5. The predicted molar refractivity (Wildman–Crippen MR) is 122 cm³/mol. The van der Waals surface area contributed by atoms with Gasteiger partial charge in [-0.3, -0.25) is 4.79 Å². The maximum Gasteiger partial charge on any atom is 0.354 e. The Hall–Kier alpha value is -2.93. The molecule has 162 valence electrons. The summed E-state index contributed by atoms with van der Waals surface area (Å²) in [6, 6.07) is 12.2. The number of benzene rings is 1. The molecule has 0 spiro atoms. The summed E-state index contributed by atoms with van der Waals surface area (Å²) in [5.74, 6) is 0.126. The van der Waals surface area contributed by atoms with Crippen LogP contribution in [0.5, 0.6) is 0 Å². The molecule has 1 aliphatic heterocycles. The summed E-state index contributed by atoms with van der Waals surface area (Å²) in [5.41, 5.74) is 3.38. The highest BCUT2D eigenvalue weighted by Crippen LogP contribution is 2.29. The Morgan fingerprint density at radius 3 is 2.48 bits per heavy atom. The SMILES string of the molecule is COC(=O)c1cccn1C1CCN(C(=O)c2csc(-c3ccc(C(C)C)cc3)n2)CC1. The van der Waals surface area contributed by atoms with Crippen LogP contribution in [0.4, 0.5) is 0 Å². The number of methoxy groups -OCH3 is 1. The van der Waals surface area contributed by atoms with Gasteiger partial charge in [0.05, 0.1) is 7.11 Å². The second-order valence-electron chi connectivity index (χ2n) is 8.13. The molecule has 6 nitrogen and oxygen atoms in total. The number of hydrogen-bond acceptors (Lipinski definition) is 5. The zero-order chi connectivity index (χ0) is 22.0.